The van der Waals surface area contributed by atoms with Crippen LogP contribution in [0.4, 0.5) is 5.69 Å². The average Bonchev–Trinajstić information content (AvgIpc) is 3.46. The van der Waals surface area contributed by atoms with E-state index in [4.69, 9.17) is 4.42 Å². The topological polar surface area (TPSA) is 106 Å². The maximum absolute atomic E-state index is 12.6. The number of benzene rings is 1. The van der Waals surface area contributed by atoms with Gasteiger partial charge in [-0.1, -0.05) is 24.3 Å². The lowest BCUT2D eigenvalue weighted by atomic mass is 9.85. The predicted octanol–water partition coefficient (Wildman–Crippen LogP) is 3.30. The van der Waals surface area contributed by atoms with Crippen molar-refractivity contribution in [2.45, 2.75) is 13.3 Å². The van der Waals surface area contributed by atoms with Gasteiger partial charge in [-0.15, -0.1) is 0 Å². The molecular formula is C21H17N3O5. The van der Waals surface area contributed by atoms with Crippen LogP contribution in [0.15, 0.2) is 52.0 Å². The Morgan fingerprint density at radius 2 is 1.83 bits per heavy atom. The molecule has 0 spiro atoms. The van der Waals surface area contributed by atoms with Crippen LogP contribution in [0.1, 0.15) is 17.7 Å². The van der Waals surface area contributed by atoms with E-state index in [1.807, 2.05) is 12.2 Å². The Kier molecular flexibility index (Phi) is 3.77. The Hall–Kier alpha value is -3.55. The normalized spacial score (nSPS) is 27.4. The molecule has 1 aromatic heterocycles. The van der Waals surface area contributed by atoms with E-state index in [1.54, 1.807) is 31.2 Å². The minimum atomic E-state index is -0.437. The van der Waals surface area contributed by atoms with Crippen LogP contribution in [0.5, 0.6) is 0 Å². The molecule has 2 fully saturated rings. The molecule has 1 saturated heterocycles. The van der Waals surface area contributed by atoms with E-state index in [1.165, 1.54) is 12.3 Å². The second-order valence-corrected chi connectivity index (χ2v) is 7.69. The number of hydrogen-bond donors (Lipinski definition) is 0. The highest BCUT2D eigenvalue weighted by molar-refractivity contribution is 6.06. The first-order valence-corrected chi connectivity index (χ1v) is 9.39. The number of hydrazone groups is 1. The summed E-state index contributed by atoms with van der Waals surface area (Å²) in [5.41, 5.74) is 1.14. The molecule has 1 saturated carbocycles. The number of fused-ring (bicyclic) bond motifs is 5. The number of imide groups is 1. The van der Waals surface area contributed by atoms with Crippen LogP contribution in [-0.4, -0.2) is 28.0 Å². The van der Waals surface area contributed by atoms with Crippen molar-refractivity contribution in [3.05, 3.63) is 63.9 Å². The molecule has 29 heavy (non-hydrogen) atoms. The number of furan rings is 1. The van der Waals surface area contributed by atoms with E-state index in [9.17, 15) is 19.7 Å². The van der Waals surface area contributed by atoms with Gasteiger partial charge in [-0.25, -0.2) is 0 Å². The molecule has 0 unspecified atom stereocenters. The molecule has 2 amide bonds. The van der Waals surface area contributed by atoms with Crippen molar-refractivity contribution in [2.75, 3.05) is 0 Å². The Morgan fingerprint density at radius 3 is 2.48 bits per heavy atom. The molecule has 5 rings (SSSR count). The minimum Gasteiger partial charge on any atom is -0.455 e. The lowest BCUT2D eigenvalue weighted by molar-refractivity contribution is -0.385. The third-order valence-corrected chi connectivity index (χ3v) is 6.06. The first-order valence-electron chi connectivity index (χ1n) is 9.39. The van der Waals surface area contributed by atoms with E-state index in [-0.39, 0.29) is 41.2 Å². The van der Waals surface area contributed by atoms with E-state index >= 15 is 0 Å². The molecular weight excluding hydrogens is 374 g/mol. The SMILES string of the molecule is Cc1ccc(-c2ccc(/C=N\N3C(=O)[C@@H]4[C@H](C3=O)[C@H]3C=C[C@H]4C3)o2)cc1[N+](=O)[O-]. The molecule has 2 heterocycles. The maximum Gasteiger partial charge on any atom is 0.273 e. The first kappa shape index (κ1) is 17.5. The number of nitrogens with zero attached hydrogens (tertiary/aromatic N) is 3. The summed E-state index contributed by atoms with van der Waals surface area (Å²) in [4.78, 5) is 36.0. The molecule has 0 radical (unpaired) electrons. The van der Waals surface area contributed by atoms with Crippen molar-refractivity contribution in [3.8, 4) is 11.3 Å². The van der Waals surface area contributed by atoms with E-state index in [0.717, 1.165) is 11.4 Å². The third kappa shape index (κ3) is 2.63. The molecule has 3 aliphatic rings. The number of nitro benzene ring substituents is 1. The van der Waals surface area contributed by atoms with Crippen molar-refractivity contribution < 1.29 is 18.9 Å². The molecule has 1 aliphatic heterocycles. The van der Waals surface area contributed by atoms with Crippen LogP contribution in [0, 0.1) is 40.7 Å². The number of rotatable bonds is 4. The standard InChI is InChI=1S/C21H17N3O5/c1-11-2-3-12(9-16(11)24(27)28)17-7-6-15(29-17)10-22-23-20(25)18-13-4-5-14(8-13)19(18)21(23)26/h2-7,9-10,13-14,18-19H,8H2,1H3/b22-10-/t13-,14-,18-,19+/m0/s1. The minimum absolute atomic E-state index is 0.0113. The molecule has 2 aromatic rings. The molecule has 0 N–H and O–H groups in total. The van der Waals surface area contributed by atoms with Crippen LogP contribution in [-0.2, 0) is 9.59 Å². The zero-order chi connectivity index (χ0) is 20.3. The van der Waals surface area contributed by atoms with Crippen molar-refractivity contribution in [2.24, 2.45) is 28.8 Å². The molecule has 2 bridgehead atoms. The van der Waals surface area contributed by atoms with Gasteiger partial charge in [-0.2, -0.15) is 10.1 Å². The van der Waals surface area contributed by atoms with Crippen molar-refractivity contribution in [1.82, 2.24) is 5.01 Å². The fourth-order valence-electron chi connectivity index (χ4n) is 4.65. The fraction of sp³-hybridized carbons (Fsp3) is 0.286. The zero-order valence-electron chi connectivity index (χ0n) is 15.5. The molecule has 8 heteroatoms. The lowest BCUT2D eigenvalue weighted by Gasteiger charge is -2.13. The third-order valence-electron chi connectivity index (χ3n) is 6.06. The van der Waals surface area contributed by atoms with Gasteiger partial charge in [-0.05, 0) is 37.3 Å². The number of nitro groups is 1. The van der Waals surface area contributed by atoms with Crippen LogP contribution in [0.3, 0.4) is 0 Å². The summed E-state index contributed by atoms with van der Waals surface area (Å²) in [6, 6.07) is 8.16. The summed E-state index contributed by atoms with van der Waals surface area (Å²) in [6.45, 7) is 1.67. The van der Waals surface area contributed by atoms with Gasteiger partial charge in [0.15, 0.2) is 0 Å². The van der Waals surface area contributed by atoms with E-state index < -0.39 is 4.92 Å². The second-order valence-electron chi connectivity index (χ2n) is 7.69. The first-order chi connectivity index (χ1) is 13.9. The van der Waals surface area contributed by atoms with Gasteiger partial charge >= 0.3 is 0 Å². The highest BCUT2D eigenvalue weighted by Gasteiger charge is 2.59. The number of allylic oxidation sites excluding steroid dienone is 2. The van der Waals surface area contributed by atoms with Crippen LogP contribution < -0.4 is 0 Å². The Balaban J connectivity index is 1.37. The van der Waals surface area contributed by atoms with Crippen LogP contribution in [0.25, 0.3) is 11.3 Å². The smallest absolute Gasteiger partial charge is 0.273 e. The molecule has 1 aromatic carbocycles. The van der Waals surface area contributed by atoms with Gasteiger partial charge in [0, 0.05) is 17.2 Å². The number of carbonyl (C=O) groups excluding carboxylic acids is 2. The van der Waals surface area contributed by atoms with Gasteiger partial charge in [0.2, 0.25) is 0 Å². The highest BCUT2D eigenvalue weighted by Crippen LogP contribution is 2.52. The summed E-state index contributed by atoms with van der Waals surface area (Å²) in [5.74, 6) is -0.0500. The Labute approximate surface area is 165 Å². The van der Waals surface area contributed by atoms with Gasteiger partial charge in [-0.3, -0.25) is 19.7 Å². The summed E-state index contributed by atoms with van der Waals surface area (Å²) >= 11 is 0. The van der Waals surface area contributed by atoms with Gasteiger partial charge in [0.1, 0.15) is 11.5 Å². The monoisotopic (exact) mass is 391 g/mol. The number of hydrogen-bond acceptors (Lipinski definition) is 6. The quantitative estimate of drug-likeness (QED) is 0.261. The van der Waals surface area contributed by atoms with Crippen LogP contribution in [0.2, 0.25) is 0 Å². The fourth-order valence-corrected chi connectivity index (χ4v) is 4.65. The average molecular weight is 391 g/mol. The highest BCUT2D eigenvalue weighted by atomic mass is 16.6. The molecule has 2 aliphatic carbocycles. The van der Waals surface area contributed by atoms with Crippen molar-refractivity contribution >= 4 is 23.7 Å². The summed E-state index contributed by atoms with van der Waals surface area (Å²) in [6.07, 6.45) is 6.26. The summed E-state index contributed by atoms with van der Waals surface area (Å²) in [7, 11) is 0. The summed E-state index contributed by atoms with van der Waals surface area (Å²) in [5, 5.41) is 16.2. The zero-order valence-corrected chi connectivity index (χ0v) is 15.5. The molecule has 4 atom stereocenters. The van der Waals surface area contributed by atoms with Crippen LogP contribution >= 0.6 is 0 Å². The largest absolute Gasteiger partial charge is 0.455 e. The molecule has 8 nitrogen and oxygen atoms in total. The van der Waals surface area contributed by atoms with E-state index in [2.05, 4.69) is 5.10 Å². The van der Waals surface area contributed by atoms with Gasteiger partial charge in [0.05, 0.1) is 23.0 Å². The number of amides is 2. The lowest BCUT2D eigenvalue weighted by Crippen LogP contribution is -2.28. The summed E-state index contributed by atoms with van der Waals surface area (Å²) < 4.78 is 5.69. The Morgan fingerprint density at radius 1 is 1.14 bits per heavy atom. The number of carbonyl (C=O) groups is 2. The van der Waals surface area contributed by atoms with Gasteiger partial charge in [0.25, 0.3) is 17.5 Å². The van der Waals surface area contributed by atoms with Crippen molar-refractivity contribution in [1.29, 1.82) is 0 Å². The van der Waals surface area contributed by atoms with Gasteiger partial charge < -0.3 is 4.42 Å². The maximum atomic E-state index is 12.6. The Bertz CT molecular complexity index is 1090. The predicted molar refractivity (Wildman–Crippen MR) is 103 cm³/mol. The number of aryl methyl sites for hydroxylation is 1. The van der Waals surface area contributed by atoms with E-state index in [0.29, 0.717) is 22.6 Å². The van der Waals surface area contributed by atoms with Crippen molar-refractivity contribution in [3.63, 3.8) is 0 Å². The molecule has 146 valence electrons. The second kappa shape index (κ2) is 6.23.